The standard InChI is InChI=1S/C34H35N5O2/c1-5-41-31-16-10-9-14-29(31)35-34(40)38-22-28-24(4)36-39(27-12-7-6-8-13-27)33(28)37-21-11-15-30(37)32(38)26-19-17-25(18-20-26)23(2)3/h6-21,23,32H,5,22H2,1-4H3,(H,35,40). The van der Waals surface area contributed by atoms with Crippen LogP contribution in [0.1, 0.15) is 60.8 Å². The Labute approximate surface area is 241 Å². The largest absolute Gasteiger partial charge is 0.492 e. The Kier molecular flexibility index (Phi) is 7.10. The predicted molar refractivity (Wildman–Crippen MR) is 162 cm³/mol. The lowest BCUT2D eigenvalue weighted by molar-refractivity contribution is 0.194. The first-order valence-corrected chi connectivity index (χ1v) is 14.2. The molecule has 7 nitrogen and oxygen atoms in total. The van der Waals surface area contributed by atoms with Gasteiger partial charge in [0.15, 0.2) is 0 Å². The molecule has 1 N–H and O–H groups in total. The molecule has 0 radical (unpaired) electrons. The van der Waals surface area contributed by atoms with E-state index in [1.165, 1.54) is 5.56 Å². The summed E-state index contributed by atoms with van der Waals surface area (Å²) in [5, 5.41) is 8.10. The van der Waals surface area contributed by atoms with Gasteiger partial charge >= 0.3 is 6.03 Å². The molecule has 3 aromatic carbocycles. The fourth-order valence-electron chi connectivity index (χ4n) is 5.60. The maximum Gasteiger partial charge on any atom is 0.323 e. The van der Waals surface area contributed by atoms with E-state index in [9.17, 15) is 4.79 Å². The van der Waals surface area contributed by atoms with Gasteiger partial charge in [0.05, 0.1) is 42.0 Å². The van der Waals surface area contributed by atoms with Gasteiger partial charge in [-0.3, -0.25) is 0 Å². The molecular weight excluding hydrogens is 510 g/mol. The number of para-hydroxylation sites is 3. The molecule has 6 rings (SSSR count). The quantitative estimate of drug-likeness (QED) is 0.239. The van der Waals surface area contributed by atoms with Crippen LogP contribution in [-0.4, -0.2) is 31.9 Å². The van der Waals surface area contributed by atoms with Gasteiger partial charge in [-0.2, -0.15) is 5.10 Å². The molecule has 0 fully saturated rings. The first kappa shape index (κ1) is 26.4. The zero-order valence-corrected chi connectivity index (χ0v) is 23.9. The molecule has 0 aliphatic carbocycles. The Morgan fingerprint density at radius 1 is 0.976 bits per heavy atom. The van der Waals surface area contributed by atoms with Gasteiger partial charge in [0, 0.05) is 11.8 Å². The van der Waals surface area contributed by atoms with Gasteiger partial charge in [0.25, 0.3) is 0 Å². The van der Waals surface area contributed by atoms with E-state index in [-0.39, 0.29) is 12.1 Å². The second-order valence-electron chi connectivity index (χ2n) is 10.6. The molecule has 7 heteroatoms. The van der Waals surface area contributed by atoms with Crippen LogP contribution in [0.2, 0.25) is 0 Å². The van der Waals surface area contributed by atoms with Crippen LogP contribution in [0, 0.1) is 6.92 Å². The van der Waals surface area contributed by atoms with Crippen molar-refractivity contribution in [2.45, 2.75) is 46.2 Å². The summed E-state index contributed by atoms with van der Waals surface area (Å²) in [7, 11) is 0. The molecule has 2 aromatic heterocycles. The zero-order valence-electron chi connectivity index (χ0n) is 23.9. The van der Waals surface area contributed by atoms with Crippen LogP contribution in [-0.2, 0) is 6.54 Å². The minimum atomic E-state index is -0.332. The van der Waals surface area contributed by atoms with E-state index >= 15 is 0 Å². The minimum absolute atomic E-state index is 0.206. The van der Waals surface area contributed by atoms with Crippen molar-refractivity contribution in [1.29, 1.82) is 0 Å². The normalized spacial score (nSPS) is 14.4. The molecule has 2 amide bonds. The number of fused-ring (bicyclic) bond motifs is 3. The molecule has 1 aliphatic heterocycles. The highest BCUT2D eigenvalue weighted by Gasteiger charge is 2.36. The zero-order chi connectivity index (χ0) is 28.5. The van der Waals surface area contributed by atoms with Crippen LogP contribution in [0.4, 0.5) is 10.5 Å². The van der Waals surface area contributed by atoms with Crippen molar-refractivity contribution >= 4 is 11.7 Å². The number of nitrogens with zero attached hydrogens (tertiary/aromatic N) is 4. The number of amides is 2. The smallest absolute Gasteiger partial charge is 0.323 e. The van der Waals surface area contributed by atoms with Gasteiger partial charge in [-0.05, 0) is 67.3 Å². The topological polar surface area (TPSA) is 64.3 Å². The van der Waals surface area contributed by atoms with E-state index in [2.05, 4.69) is 72.4 Å². The summed E-state index contributed by atoms with van der Waals surface area (Å²) in [6, 6.07) is 29.9. The van der Waals surface area contributed by atoms with Crippen LogP contribution in [0.5, 0.6) is 5.75 Å². The number of rotatable bonds is 6. The lowest BCUT2D eigenvalue weighted by Gasteiger charge is -2.31. The maximum atomic E-state index is 14.3. The van der Waals surface area contributed by atoms with Crippen molar-refractivity contribution in [2.24, 2.45) is 0 Å². The number of aromatic nitrogens is 3. The molecular formula is C34H35N5O2. The Balaban J connectivity index is 1.51. The number of carbonyl (C=O) groups is 1. The third-order valence-corrected chi connectivity index (χ3v) is 7.70. The van der Waals surface area contributed by atoms with Gasteiger partial charge < -0.3 is 19.5 Å². The van der Waals surface area contributed by atoms with Crippen molar-refractivity contribution in [1.82, 2.24) is 19.2 Å². The fraction of sp³-hybridized carbons (Fsp3) is 0.235. The van der Waals surface area contributed by atoms with Crippen LogP contribution in [0.3, 0.4) is 0 Å². The first-order chi connectivity index (χ1) is 20.0. The van der Waals surface area contributed by atoms with Gasteiger partial charge in [-0.25, -0.2) is 9.48 Å². The molecule has 0 spiro atoms. The fourth-order valence-corrected chi connectivity index (χ4v) is 5.60. The number of urea groups is 1. The van der Waals surface area contributed by atoms with Crippen LogP contribution in [0.15, 0.2) is 97.2 Å². The van der Waals surface area contributed by atoms with Gasteiger partial charge in [-0.15, -0.1) is 0 Å². The number of nitrogens with one attached hydrogen (secondary N) is 1. The van der Waals surface area contributed by atoms with Crippen LogP contribution < -0.4 is 10.1 Å². The molecule has 0 saturated heterocycles. The summed E-state index contributed by atoms with van der Waals surface area (Å²) >= 11 is 0. The van der Waals surface area contributed by atoms with E-state index in [1.54, 1.807) is 0 Å². The van der Waals surface area contributed by atoms with Crippen LogP contribution in [0.25, 0.3) is 11.5 Å². The third-order valence-electron chi connectivity index (χ3n) is 7.70. The minimum Gasteiger partial charge on any atom is -0.492 e. The highest BCUT2D eigenvalue weighted by Crippen LogP contribution is 2.39. The summed E-state index contributed by atoms with van der Waals surface area (Å²) < 4.78 is 9.99. The summed E-state index contributed by atoms with van der Waals surface area (Å²) in [5.41, 5.74) is 6.80. The summed E-state index contributed by atoms with van der Waals surface area (Å²) in [6.07, 6.45) is 2.07. The number of benzene rings is 3. The molecule has 1 aliphatic rings. The molecule has 1 atom stereocenters. The second kappa shape index (κ2) is 11.0. The highest BCUT2D eigenvalue weighted by atomic mass is 16.5. The van der Waals surface area contributed by atoms with Crippen molar-refractivity contribution in [2.75, 3.05) is 11.9 Å². The Morgan fingerprint density at radius 3 is 2.44 bits per heavy atom. The number of hydrogen-bond acceptors (Lipinski definition) is 3. The lowest BCUT2D eigenvalue weighted by Crippen LogP contribution is -2.38. The molecule has 0 saturated carbocycles. The summed E-state index contributed by atoms with van der Waals surface area (Å²) in [6.45, 7) is 9.23. The molecule has 208 valence electrons. The van der Waals surface area contributed by atoms with Crippen molar-refractivity contribution in [3.63, 3.8) is 0 Å². The number of ether oxygens (including phenoxy) is 1. The SMILES string of the molecule is CCOc1ccccc1NC(=O)N1Cc2c(C)nn(-c3ccccc3)c2-n2cccc2C1c1ccc(C(C)C)cc1. The average Bonchev–Trinajstić information content (AvgIpc) is 3.55. The van der Waals surface area contributed by atoms with Gasteiger partial charge in [0.2, 0.25) is 0 Å². The summed E-state index contributed by atoms with van der Waals surface area (Å²) in [4.78, 5) is 16.2. The Morgan fingerprint density at radius 2 is 1.71 bits per heavy atom. The molecule has 0 bridgehead atoms. The van der Waals surface area contributed by atoms with Crippen molar-refractivity contribution in [3.05, 3.63) is 125 Å². The predicted octanol–water partition coefficient (Wildman–Crippen LogP) is 7.63. The van der Waals surface area contributed by atoms with Crippen LogP contribution >= 0.6 is 0 Å². The third kappa shape index (κ3) is 4.88. The molecule has 5 aromatic rings. The average molecular weight is 546 g/mol. The maximum absolute atomic E-state index is 14.3. The van der Waals surface area contributed by atoms with E-state index < -0.39 is 0 Å². The monoisotopic (exact) mass is 545 g/mol. The lowest BCUT2D eigenvalue weighted by atomic mass is 9.97. The van der Waals surface area contributed by atoms with E-state index in [1.807, 2.05) is 72.0 Å². The second-order valence-corrected chi connectivity index (χ2v) is 10.6. The molecule has 3 heterocycles. The van der Waals surface area contributed by atoms with E-state index in [0.717, 1.165) is 34.0 Å². The first-order valence-electron chi connectivity index (χ1n) is 14.2. The van der Waals surface area contributed by atoms with Crippen molar-refractivity contribution in [3.8, 4) is 17.3 Å². The Bertz CT molecular complexity index is 1670. The van der Waals surface area contributed by atoms with E-state index in [0.29, 0.717) is 30.5 Å². The number of anilines is 1. The van der Waals surface area contributed by atoms with Crippen molar-refractivity contribution < 1.29 is 9.53 Å². The van der Waals surface area contributed by atoms with Gasteiger partial charge in [0.1, 0.15) is 11.6 Å². The highest BCUT2D eigenvalue weighted by molar-refractivity contribution is 5.91. The van der Waals surface area contributed by atoms with E-state index in [4.69, 9.17) is 9.84 Å². The molecule has 1 unspecified atom stereocenters. The number of hydrogen-bond donors (Lipinski definition) is 1. The number of carbonyl (C=O) groups excluding carboxylic acids is 1. The Hall–Kier alpha value is -4.78. The molecule has 41 heavy (non-hydrogen) atoms. The number of aryl methyl sites for hydroxylation is 1. The van der Waals surface area contributed by atoms with Gasteiger partial charge in [-0.1, -0.05) is 68.4 Å². The summed E-state index contributed by atoms with van der Waals surface area (Å²) in [5.74, 6) is 2.01.